The van der Waals surface area contributed by atoms with Crippen molar-refractivity contribution in [1.29, 1.82) is 0 Å². The summed E-state index contributed by atoms with van der Waals surface area (Å²) < 4.78 is 17.7. The van der Waals surface area contributed by atoms with Gasteiger partial charge in [0.15, 0.2) is 0 Å². The number of aryl methyl sites for hydroxylation is 2. The Kier molecular flexibility index (Phi) is 7.59. The predicted molar refractivity (Wildman–Crippen MR) is 156 cm³/mol. The van der Waals surface area contributed by atoms with Crippen LogP contribution >= 0.6 is 11.6 Å². The second kappa shape index (κ2) is 11.4. The first kappa shape index (κ1) is 26.5. The second-order valence-corrected chi connectivity index (χ2v) is 11.0. The fourth-order valence-electron chi connectivity index (χ4n) is 5.08. The number of esters is 1. The van der Waals surface area contributed by atoms with Crippen molar-refractivity contribution in [2.24, 2.45) is 0 Å². The Morgan fingerprint density at radius 2 is 1.70 bits per heavy atom. The Balaban J connectivity index is 1.16. The van der Waals surface area contributed by atoms with Gasteiger partial charge in [0, 0.05) is 28.5 Å². The molecule has 2 aliphatic carbocycles. The van der Waals surface area contributed by atoms with E-state index in [2.05, 4.69) is 41.4 Å². The quantitative estimate of drug-likeness (QED) is 0.178. The molecule has 4 aromatic rings. The first-order chi connectivity index (χ1) is 19.5. The van der Waals surface area contributed by atoms with Crippen molar-refractivity contribution in [3.8, 4) is 16.9 Å². The molecule has 6 rings (SSSR count). The normalized spacial score (nSPS) is 15.4. The number of methoxy groups -OCH3 is 1. The molecular formula is C34H32ClNO4. The zero-order valence-corrected chi connectivity index (χ0v) is 23.3. The molecule has 0 N–H and O–H groups in total. The molecule has 2 fully saturated rings. The van der Waals surface area contributed by atoms with Gasteiger partial charge in [-0.1, -0.05) is 54.1 Å². The lowest BCUT2D eigenvalue weighted by atomic mass is 9.96. The van der Waals surface area contributed by atoms with E-state index in [1.54, 1.807) is 12.1 Å². The SMILES string of the molecule is COC(=O)c1ccc(CCc2ccc(Cl)c(COC3(c4cnccc4-c4ccccc4OC4CC4)CC3)c2)cc1. The van der Waals surface area contributed by atoms with Crippen LogP contribution in [0.5, 0.6) is 5.75 Å². The topological polar surface area (TPSA) is 57.7 Å². The average Bonchev–Trinajstić information content (AvgIpc) is 3.94. The molecular weight excluding hydrogens is 522 g/mol. The van der Waals surface area contributed by atoms with Crippen molar-refractivity contribution in [2.45, 2.75) is 56.8 Å². The minimum Gasteiger partial charge on any atom is -0.490 e. The highest BCUT2D eigenvalue weighted by molar-refractivity contribution is 6.31. The van der Waals surface area contributed by atoms with Crippen molar-refractivity contribution >= 4 is 17.6 Å². The lowest BCUT2D eigenvalue weighted by molar-refractivity contribution is 0.0173. The summed E-state index contributed by atoms with van der Waals surface area (Å²) >= 11 is 6.62. The average molecular weight is 554 g/mol. The van der Waals surface area contributed by atoms with E-state index in [1.807, 2.05) is 36.7 Å². The smallest absolute Gasteiger partial charge is 0.337 e. The maximum absolute atomic E-state index is 11.7. The molecule has 2 saturated carbocycles. The summed E-state index contributed by atoms with van der Waals surface area (Å²) in [5.74, 6) is 0.598. The van der Waals surface area contributed by atoms with E-state index in [4.69, 9.17) is 25.8 Å². The van der Waals surface area contributed by atoms with Crippen molar-refractivity contribution in [2.75, 3.05) is 7.11 Å². The number of benzene rings is 3. The van der Waals surface area contributed by atoms with Gasteiger partial charge in [-0.25, -0.2) is 4.79 Å². The Morgan fingerprint density at radius 3 is 2.45 bits per heavy atom. The van der Waals surface area contributed by atoms with Crippen molar-refractivity contribution in [3.05, 3.63) is 118 Å². The van der Waals surface area contributed by atoms with Crippen LogP contribution in [0.4, 0.5) is 0 Å². The molecule has 40 heavy (non-hydrogen) atoms. The summed E-state index contributed by atoms with van der Waals surface area (Å²) in [7, 11) is 1.39. The van der Waals surface area contributed by atoms with Gasteiger partial charge in [-0.05, 0) is 91.1 Å². The van der Waals surface area contributed by atoms with Crippen LogP contribution in [0, 0.1) is 0 Å². The first-order valence-corrected chi connectivity index (χ1v) is 14.2. The van der Waals surface area contributed by atoms with Crippen LogP contribution in [0.25, 0.3) is 11.1 Å². The molecule has 0 amide bonds. The van der Waals surface area contributed by atoms with Crippen LogP contribution in [-0.4, -0.2) is 24.2 Å². The Labute approximate surface area is 240 Å². The molecule has 5 nitrogen and oxygen atoms in total. The maximum Gasteiger partial charge on any atom is 0.337 e. The summed E-state index contributed by atoms with van der Waals surface area (Å²) in [5.41, 5.74) is 6.81. The molecule has 0 saturated heterocycles. The lowest BCUT2D eigenvalue weighted by Crippen LogP contribution is -2.14. The van der Waals surface area contributed by atoms with Crippen molar-refractivity contribution < 1.29 is 19.0 Å². The molecule has 204 valence electrons. The highest BCUT2D eigenvalue weighted by Gasteiger charge is 2.47. The number of pyridine rings is 1. The molecule has 0 spiro atoms. The van der Waals surface area contributed by atoms with Crippen LogP contribution in [-0.2, 0) is 34.5 Å². The number of nitrogens with zero attached hydrogens (tertiary/aromatic N) is 1. The fourth-order valence-corrected chi connectivity index (χ4v) is 5.25. The van der Waals surface area contributed by atoms with E-state index in [0.717, 1.165) is 72.1 Å². The van der Waals surface area contributed by atoms with E-state index < -0.39 is 0 Å². The fraction of sp³-hybridized carbons (Fsp3) is 0.294. The maximum atomic E-state index is 11.7. The van der Waals surface area contributed by atoms with Gasteiger partial charge in [0.2, 0.25) is 0 Å². The van der Waals surface area contributed by atoms with E-state index in [-0.39, 0.29) is 11.6 Å². The number of halogens is 1. The van der Waals surface area contributed by atoms with Gasteiger partial charge in [0.05, 0.1) is 31.0 Å². The van der Waals surface area contributed by atoms with Gasteiger partial charge >= 0.3 is 5.97 Å². The van der Waals surface area contributed by atoms with E-state index in [9.17, 15) is 4.79 Å². The summed E-state index contributed by atoms with van der Waals surface area (Å²) in [6.45, 7) is 0.426. The number of aromatic nitrogens is 1. The van der Waals surface area contributed by atoms with E-state index in [0.29, 0.717) is 23.3 Å². The van der Waals surface area contributed by atoms with Gasteiger partial charge < -0.3 is 14.2 Å². The van der Waals surface area contributed by atoms with Crippen LogP contribution < -0.4 is 4.74 Å². The van der Waals surface area contributed by atoms with Crippen molar-refractivity contribution in [3.63, 3.8) is 0 Å². The van der Waals surface area contributed by atoms with Crippen molar-refractivity contribution in [1.82, 2.24) is 4.98 Å². The predicted octanol–water partition coefficient (Wildman–Crippen LogP) is 7.72. The number of rotatable bonds is 11. The van der Waals surface area contributed by atoms with Crippen LogP contribution in [0.2, 0.25) is 5.02 Å². The Bertz CT molecular complexity index is 1510. The molecule has 0 radical (unpaired) electrons. The third kappa shape index (κ3) is 5.91. The molecule has 6 heteroatoms. The third-order valence-corrected chi connectivity index (χ3v) is 8.07. The number of para-hydroxylation sites is 1. The molecule has 1 aromatic heterocycles. The number of carbonyl (C=O) groups excluding carboxylic acids is 1. The van der Waals surface area contributed by atoms with E-state index >= 15 is 0 Å². The summed E-state index contributed by atoms with van der Waals surface area (Å²) in [4.78, 5) is 16.2. The molecule has 3 aromatic carbocycles. The minimum absolute atomic E-state index is 0.323. The molecule has 0 bridgehead atoms. The monoisotopic (exact) mass is 553 g/mol. The Hall–Kier alpha value is -3.67. The zero-order chi connectivity index (χ0) is 27.5. The molecule has 1 heterocycles. The minimum atomic E-state index is -0.378. The molecule has 0 unspecified atom stereocenters. The van der Waals surface area contributed by atoms with Gasteiger partial charge in [0.1, 0.15) is 5.75 Å². The summed E-state index contributed by atoms with van der Waals surface area (Å²) in [5, 5.41) is 0.705. The zero-order valence-electron chi connectivity index (χ0n) is 22.6. The summed E-state index contributed by atoms with van der Waals surface area (Å²) in [6, 6.07) is 24.0. The standard InChI is InChI=1S/C34H32ClNO4/c1-38-33(37)25-11-8-23(9-12-25)6-7-24-10-15-31(35)26(20-24)22-39-34(17-18-34)30-21-36-19-16-28(30)29-4-2-3-5-32(29)40-27-13-14-27/h2-5,8-12,15-16,19-21,27H,6-7,13-14,17-18,22H2,1H3. The first-order valence-electron chi connectivity index (χ1n) is 13.8. The van der Waals surface area contributed by atoms with Crippen LogP contribution in [0.3, 0.4) is 0 Å². The highest BCUT2D eigenvalue weighted by atomic mass is 35.5. The van der Waals surface area contributed by atoms with Crippen LogP contribution in [0.15, 0.2) is 85.2 Å². The van der Waals surface area contributed by atoms with E-state index in [1.165, 1.54) is 12.7 Å². The molecule has 0 aliphatic heterocycles. The van der Waals surface area contributed by atoms with Gasteiger partial charge in [-0.15, -0.1) is 0 Å². The number of hydrogen-bond donors (Lipinski definition) is 0. The summed E-state index contributed by atoms with van der Waals surface area (Å²) in [6.07, 6.45) is 9.94. The number of ether oxygens (including phenoxy) is 3. The van der Waals surface area contributed by atoms with Gasteiger partial charge in [-0.2, -0.15) is 0 Å². The number of carbonyl (C=O) groups is 1. The Morgan fingerprint density at radius 1 is 0.950 bits per heavy atom. The molecule has 2 aliphatic rings. The van der Waals surface area contributed by atoms with Gasteiger partial charge in [-0.3, -0.25) is 4.98 Å². The molecule has 0 atom stereocenters. The van der Waals surface area contributed by atoms with Gasteiger partial charge in [0.25, 0.3) is 0 Å². The largest absolute Gasteiger partial charge is 0.490 e. The van der Waals surface area contributed by atoms with Crippen LogP contribution in [0.1, 0.15) is 58.3 Å². The number of hydrogen-bond acceptors (Lipinski definition) is 5. The lowest BCUT2D eigenvalue weighted by Gasteiger charge is -2.22. The second-order valence-electron chi connectivity index (χ2n) is 10.6. The highest BCUT2D eigenvalue weighted by Crippen LogP contribution is 2.53. The third-order valence-electron chi connectivity index (χ3n) is 7.70.